The van der Waals surface area contributed by atoms with Crippen LogP contribution in [0.4, 0.5) is 0 Å². The standard InChI is InChI=1S/C35H34Br2N2O7S/c1-7-44-34(41)31-20(4)38-35-39(32(31)22-10-13-26(46-19(2)3)27(14-22)42-5)33(40)30(47-35)16-23-15-28(43-6)29(17-25(23)37)45-18-21-8-11-24(36)12-9-21/h8-17,19,32H,7,18H2,1-6H3/b30-16-/t32-/m0/s1. The Bertz CT molecular complexity index is 2020. The van der Waals surface area contributed by atoms with Crippen molar-refractivity contribution in [2.75, 3.05) is 20.8 Å². The summed E-state index contributed by atoms with van der Waals surface area (Å²) >= 11 is 8.33. The second-order valence-electron chi connectivity index (χ2n) is 10.8. The van der Waals surface area contributed by atoms with Crippen LogP contribution >= 0.6 is 43.2 Å². The number of allylic oxidation sites excluding steroid dienone is 1. The van der Waals surface area contributed by atoms with Gasteiger partial charge in [0.25, 0.3) is 5.56 Å². The Balaban J connectivity index is 1.59. The molecule has 0 unspecified atom stereocenters. The Labute approximate surface area is 293 Å². The maximum Gasteiger partial charge on any atom is 0.338 e. The highest BCUT2D eigenvalue weighted by Gasteiger charge is 2.34. The fourth-order valence-corrected chi connectivity index (χ4v) is 6.87. The summed E-state index contributed by atoms with van der Waals surface area (Å²) < 4.78 is 32.4. The lowest BCUT2D eigenvalue weighted by atomic mass is 9.95. The number of thiazole rings is 1. The Hall–Kier alpha value is -3.87. The van der Waals surface area contributed by atoms with E-state index < -0.39 is 12.0 Å². The summed E-state index contributed by atoms with van der Waals surface area (Å²) in [5.41, 5.74) is 2.80. The second kappa shape index (κ2) is 14.9. The third-order valence-corrected chi connectivity index (χ3v) is 9.46. The molecule has 0 saturated carbocycles. The van der Waals surface area contributed by atoms with E-state index in [1.165, 1.54) is 15.9 Å². The zero-order valence-electron chi connectivity index (χ0n) is 26.8. The van der Waals surface area contributed by atoms with Crippen LogP contribution in [0.1, 0.15) is 50.4 Å². The average molecular weight is 787 g/mol. The largest absolute Gasteiger partial charge is 0.493 e. The molecule has 0 bridgehead atoms. The maximum atomic E-state index is 14.2. The van der Waals surface area contributed by atoms with E-state index in [1.807, 2.05) is 56.3 Å². The number of hydrogen-bond acceptors (Lipinski definition) is 9. The van der Waals surface area contributed by atoms with Gasteiger partial charge in [-0.25, -0.2) is 9.79 Å². The highest BCUT2D eigenvalue weighted by Crippen LogP contribution is 2.37. The molecule has 1 aliphatic heterocycles. The summed E-state index contributed by atoms with van der Waals surface area (Å²) in [5, 5.41) is 0. The van der Waals surface area contributed by atoms with Crippen LogP contribution in [-0.2, 0) is 16.1 Å². The van der Waals surface area contributed by atoms with Gasteiger partial charge in [-0.2, -0.15) is 0 Å². The predicted octanol–water partition coefficient (Wildman–Crippen LogP) is 6.71. The summed E-state index contributed by atoms with van der Waals surface area (Å²) in [6.07, 6.45) is 1.70. The van der Waals surface area contributed by atoms with Crippen molar-refractivity contribution in [2.24, 2.45) is 4.99 Å². The molecule has 0 spiro atoms. The molecule has 0 N–H and O–H groups in total. The van der Waals surface area contributed by atoms with Crippen molar-refractivity contribution in [2.45, 2.75) is 46.4 Å². The highest BCUT2D eigenvalue weighted by atomic mass is 79.9. The number of methoxy groups -OCH3 is 2. The summed E-state index contributed by atoms with van der Waals surface area (Å²) in [6, 6.07) is 16.1. The first-order valence-electron chi connectivity index (χ1n) is 14.8. The van der Waals surface area contributed by atoms with E-state index in [9.17, 15) is 9.59 Å². The lowest BCUT2D eigenvalue weighted by molar-refractivity contribution is -0.139. The number of aromatic nitrogens is 1. The van der Waals surface area contributed by atoms with Crippen LogP contribution in [-0.4, -0.2) is 37.5 Å². The molecule has 0 fully saturated rings. The Kier molecular flexibility index (Phi) is 10.9. The van der Waals surface area contributed by atoms with Crippen molar-refractivity contribution in [1.29, 1.82) is 0 Å². The van der Waals surface area contributed by atoms with Gasteiger partial charge in [-0.3, -0.25) is 9.36 Å². The molecule has 2 heterocycles. The summed E-state index contributed by atoms with van der Waals surface area (Å²) in [4.78, 5) is 32.7. The van der Waals surface area contributed by atoms with E-state index in [0.29, 0.717) is 60.2 Å². The van der Waals surface area contributed by atoms with Crippen LogP contribution in [0.2, 0.25) is 0 Å². The zero-order chi connectivity index (χ0) is 33.8. The predicted molar refractivity (Wildman–Crippen MR) is 188 cm³/mol. The fourth-order valence-electron chi connectivity index (χ4n) is 5.13. The van der Waals surface area contributed by atoms with Crippen LogP contribution in [0.3, 0.4) is 0 Å². The van der Waals surface area contributed by atoms with E-state index in [4.69, 9.17) is 23.7 Å². The molecular weight excluding hydrogens is 752 g/mol. The monoisotopic (exact) mass is 784 g/mol. The molecule has 47 heavy (non-hydrogen) atoms. The normalized spacial score (nSPS) is 14.5. The number of halogens is 2. The fraction of sp³-hybridized carbons (Fsp3) is 0.286. The van der Waals surface area contributed by atoms with Gasteiger partial charge in [0.15, 0.2) is 27.8 Å². The number of carbonyl (C=O) groups is 1. The lowest BCUT2D eigenvalue weighted by Crippen LogP contribution is -2.40. The van der Waals surface area contributed by atoms with E-state index in [0.717, 1.165) is 10.0 Å². The summed E-state index contributed by atoms with van der Waals surface area (Å²) in [7, 11) is 3.12. The molecule has 4 aromatic rings. The third kappa shape index (κ3) is 7.50. The van der Waals surface area contributed by atoms with Crippen LogP contribution in [0, 0.1) is 0 Å². The molecule has 1 aromatic heterocycles. The minimum Gasteiger partial charge on any atom is -0.493 e. The average Bonchev–Trinajstić information content (AvgIpc) is 3.34. The van der Waals surface area contributed by atoms with Crippen molar-refractivity contribution in [3.8, 4) is 23.0 Å². The van der Waals surface area contributed by atoms with Crippen molar-refractivity contribution < 1.29 is 28.5 Å². The molecule has 1 aliphatic rings. The third-order valence-electron chi connectivity index (χ3n) is 7.26. The number of benzene rings is 3. The molecule has 0 radical (unpaired) electrons. The quantitative estimate of drug-likeness (QED) is 0.156. The van der Waals surface area contributed by atoms with E-state index in [1.54, 1.807) is 46.3 Å². The molecule has 246 valence electrons. The van der Waals surface area contributed by atoms with Crippen LogP contribution in [0.25, 0.3) is 6.08 Å². The van der Waals surface area contributed by atoms with Crippen molar-refractivity contribution in [3.05, 3.63) is 111 Å². The van der Waals surface area contributed by atoms with Gasteiger partial charge >= 0.3 is 5.97 Å². The zero-order valence-corrected chi connectivity index (χ0v) is 30.7. The van der Waals surface area contributed by atoms with Gasteiger partial charge < -0.3 is 23.7 Å². The molecule has 0 saturated heterocycles. The van der Waals surface area contributed by atoms with Gasteiger partial charge in [-0.15, -0.1) is 0 Å². The number of fused-ring (bicyclic) bond motifs is 1. The first-order chi connectivity index (χ1) is 22.5. The number of esters is 1. The Morgan fingerprint density at radius 1 is 1.00 bits per heavy atom. The van der Waals surface area contributed by atoms with Crippen molar-refractivity contribution in [3.63, 3.8) is 0 Å². The molecule has 9 nitrogen and oxygen atoms in total. The minimum atomic E-state index is -0.804. The van der Waals surface area contributed by atoms with Gasteiger partial charge in [0.2, 0.25) is 0 Å². The van der Waals surface area contributed by atoms with Crippen molar-refractivity contribution in [1.82, 2.24) is 4.57 Å². The highest BCUT2D eigenvalue weighted by molar-refractivity contribution is 9.10. The first-order valence-corrected chi connectivity index (χ1v) is 17.2. The van der Waals surface area contributed by atoms with Crippen LogP contribution in [0.15, 0.2) is 84.6 Å². The van der Waals surface area contributed by atoms with Gasteiger partial charge in [0.05, 0.1) is 48.8 Å². The number of nitrogens with zero attached hydrogens (tertiary/aromatic N) is 2. The number of carbonyl (C=O) groups excluding carboxylic acids is 1. The van der Waals surface area contributed by atoms with Gasteiger partial charge in [-0.1, -0.05) is 61.4 Å². The van der Waals surface area contributed by atoms with E-state index in [2.05, 4.69) is 36.9 Å². The number of ether oxygens (including phenoxy) is 5. The SMILES string of the molecule is CCOC(=O)C1=C(C)N=c2s/c(=C\c3cc(OC)c(OCc4ccc(Br)cc4)cc3Br)c(=O)n2[C@H]1c1ccc(OC(C)C)c(OC)c1. The van der Waals surface area contributed by atoms with E-state index in [-0.39, 0.29) is 23.8 Å². The summed E-state index contributed by atoms with van der Waals surface area (Å²) in [6.45, 7) is 7.87. The molecule has 1 atom stereocenters. The maximum absolute atomic E-state index is 14.2. The number of rotatable bonds is 11. The first kappa shape index (κ1) is 34.5. The topological polar surface area (TPSA) is 97.6 Å². The lowest BCUT2D eigenvalue weighted by Gasteiger charge is -2.25. The van der Waals surface area contributed by atoms with E-state index >= 15 is 0 Å². The van der Waals surface area contributed by atoms with Gasteiger partial charge in [-0.05, 0) is 86.9 Å². The van der Waals surface area contributed by atoms with Gasteiger partial charge in [0.1, 0.15) is 6.61 Å². The molecule has 3 aromatic carbocycles. The smallest absolute Gasteiger partial charge is 0.338 e. The van der Waals surface area contributed by atoms with Crippen LogP contribution < -0.4 is 33.8 Å². The number of hydrogen-bond donors (Lipinski definition) is 0. The molecular formula is C35H34Br2N2O7S. The van der Waals surface area contributed by atoms with Crippen LogP contribution in [0.5, 0.6) is 23.0 Å². The molecule has 0 amide bonds. The summed E-state index contributed by atoms with van der Waals surface area (Å²) in [5.74, 6) is 1.56. The molecule has 5 rings (SSSR count). The molecule has 0 aliphatic carbocycles. The minimum absolute atomic E-state index is 0.0743. The van der Waals surface area contributed by atoms with Gasteiger partial charge in [0, 0.05) is 8.95 Å². The second-order valence-corrected chi connectivity index (χ2v) is 13.6. The Morgan fingerprint density at radius 2 is 1.70 bits per heavy atom. The molecule has 12 heteroatoms. The van der Waals surface area contributed by atoms with Crippen molar-refractivity contribution >= 4 is 55.2 Å². The Morgan fingerprint density at radius 3 is 2.36 bits per heavy atom.